The van der Waals surface area contributed by atoms with Crippen LogP contribution in [0.5, 0.6) is 5.75 Å². The molecule has 1 spiro atoms. The van der Waals surface area contributed by atoms with Crippen LogP contribution in [0, 0.1) is 6.92 Å². The number of para-hydroxylation sites is 1. The van der Waals surface area contributed by atoms with Gasteiger partial charge in [-0.15, -0.1) is 0 Å². The first-order chi connectivity index (χ1) is 12.2. The van der Waals surface area contributed by atoms with Crippen LogP contribution < -0.4 is 10.1 Å². The van der Waals surface area contributed by atoms with Crippen LogP contribution in [0.2, 0.25) is 0 Å². The second kappa shape index (κ2) is 6.48. The maximum absolute atomic E-state index is 12.8. The summed E-state index contributed by atoms with van der Waals surface area (Å²) in [6.45, 7) is 3.25. The van der Waals surface area contributed by atoms with Gasteiger partial charge in [0.25, 0.3) is 5.91 Å². The molecule has 1 aromatic heterocycles. The molecule has 5 heteroatoms. The number of aryl methyl sites for hydroxylation is 1. The van der Waals surface area contributed by atoms with Crippen LogP contribution in [-0.2, 0) is 4.74 Å². The Morgan fingerprint density at radius 2 is 2.00 bits per heavy atom. The predicted octanol–water partition coefficient (Wildman–Crippen LogP) is 3.19. The third kappa shape index (κ3) is 3.12. The van der Waals surface area contributed by atoms with Gasteiger partial charge in [-0.05, 0) is 25.1 Å². The van der Waals surface area contributed by atoms with E-state index in [4.69, 9.17) is 9.47 Å². The lowest BCUT2D eigenvalue weighted by Gasteiger charge is -2.44. The van der Waals surface area contributed by atoms with E-state index < -0.39 is 0 Å². The van der Waals surface area contributed by atoms with Crippen molar-refractivity contribution < 1.29 is 14.3 Å². The minimum Gasteiger partial charge on any atom is -0.487 e. The Bertz CT molecular complexity index is 784. The number of hydrogen-bond donors (Lipinski definition) is 1. The van der Waals surface area contributed by atoms with Crippen molar-refractivity contribution in [2.45, 2.75) is 37.8 Å². The van der Waals surface area contributed by atoms with Crippen molar-refractivity contribution in [3.05, 3.63) is 59.4 Å². The lowest BCUT2D eigenvalue weighted by molar-refractivity contribution is -0.0639. The molecule has 3 heterocycles. The van der Waals surface area contributed by atoms with Gasteiger partial charge in [-0.2, -0.15) is 0 Å². The summed E-state index contributed by atoms with van der Waals surface area (Å²) in [5.74, 6) is 0.776. The first-order valence-corrected chi connectivity index (χ1v) is 8.75. The Hall–Kier alpha value is -2.40. The number of pyridine rings is 1. The van der Waals surface area contributed by atoms with Crippen molar-refractivity contribution in [2.24, 2.45) is 0 Å². The molecule has 1 N–H and O–H groups in total. The van der Waals surface area contributed by atoms with E-state index in [2.05, 4.69) is 10.3 Å². The number of nitrogens with one attached hydrogen (secondary N) is 1. The summed E-state index contributed by atoms with van der Waals surface area (Å²) in [5.41, 5.74) is 2.14. The van der Waals surface area contributed by atoms with Gasteiger partial charge in [-0.25, -0.2) is 0 Å². The lowest BCUT2D eigenvalue weighted by Crippen LogP contribution is -2.48. The van der Waals surface area contributed by atoms with E-state index in [0.717, 1.165) is 36.3 Å². The van der Waals surface area contributed by atoms with Crippen LogP contribution in [0.15, 0.2) is 42.6 Å². The number of hydrogen-bond acceptors (Lipinski definition) is 4. The number of aromatic nitrogens is 1. The highest BCUT2D eigenvalue weighted by atomic mass is 16.5. The van der Waals surface area contributed by atoms with E-state index >= 15 is 0 Å². The molecule has 1 fully saturated rings. The van der Waals surface area contributed by atoms with Crippen molar-refractivity contribution in [2.75, 3.05) is 13.2 Å². The summed E-state index contributed by atoms with van der Waals surface area (Å²) in [5, 5.41) is 3.20. The molecule has 4 rings (SSSR count). The number of benzene rings is 1. The predicted molar refractivity (Wildman–Crippen MR) is 93.7 cm³/mol. The highest BCUT2D eigenvalue weighted by Crippen LogP contribution is 2.43. The van der Waals surface area contributed by atoms with Crippen molar-refractivity contribution in [1.82, 2.24) is 10.3 Å². The summed E-state index contributed by atoms with van der Waals surface area (Å²) in [4.78, 5) is 17.0. The molecular weight excluding hydrogens is 316 g/mol. The van der Waals surface area contributed by atoms with Gasteiger partial charge in [0, 0.05) is 36.7 Å². The fraction of sp³-hybridized carbons (Fsp3) is 0.400. The van der Waals surface area contributed by atoms with Crippen LogP contribution in [0.1, 0.15) is 46.9 Å². The van der Waals surface area contributed by atoms with Crippen LogP contribution in [0.25, 0.3) is 0 Å². The molecule has 0 aliphatic carbocycles. The van der Waals surface area contributed by atoms with Gasteiger partial charge in [0.05, 0.1) is 24.8 Å². The van der Waals surface area contributed by atoms with Gasteiger partial charge in [0.1, 0.15) is 11.4 Å². The highest BCUT2D eigenvalue weighted by Gasteiger charge is 2.42. The summed E-state index contributed by atoms with van der Waals surface area (Å²) < 4.78 is 11.9. The molecule has 130 valence electrons. The molecule has 2 aliphatic heterocycles. The quantitative estimate of drug-likeness (QED) is 0.913. The molecule has 2 aromatic rings. The molecule has 2 aliphatic rings. The van der Waals surface area contributed by atoms with Crippen molar-refractivity contribution in [3.8, 4) is 5.75 Å². The number of nitrogens with zero attached hydrogens (tertiary/aromatic N) is 1. The summed E-state index contributed by atoms with van der Waals surface area (Å²) in [6, 6.07) is 11.5. The topological polar surface area (TPSA) is 60.5 Å². The molecule has 1 amide bonds. The van der Waals surface area contributed by atoms with Gasteiger partial charge in [-0.3, -0.25) is 9.78 Å². The van der Waals surface area contributed by atoms with Gasteiger partial charge in [-0.1, -0.05) is 18.2 Å². The zero-order valence-corrected chi connectivity index (χ0v) is 14.3. The Labute approximate surface area is 147 Å². The highest BCUT2D eigenvalue weighted by molar-refractivity contribution is 5.95. The Morgan fingerprint density at radius 3 is 2.80 bits per heavy atom. The van der Waals surface area contributed by atoms with Crippen LogP contribution >= 0.6 is 0 Å². The summed E-state index contributed by atoms with van der Waals surface area (Å²) in [7, 11) is 0. The minimum absolute atomic E-state index is 0.0739. The van der Waals surface area contributed by atoms with Crippen molar-refractivity contribution in [1.29, 1.82) is 0 Å². The minimum atomic E-state index is -0.255. The number of carbonyl (C=O) groups is 1. The first-order valence-electron chi connectivity index (χ1n) is 8.75. The summed E-state index contributed by atoms with van der Waals surface area (Å²) in [6.07, 6.45) is 4.16. The molecule has 1 saturated heterocycles. The molecule has 5 nitrogen and oxygen atoms in total. The largest absolute Gasteiger partial charge is 0.487 e. The smallest absolute Gasteiger partial charge is 0.253 e. The fourth-order valence-electron chi connectivity index (χ4n) is 3.76. The maximum atomic E-state index is 12.8. The second-order valence-electron chi connectivity index (χ2n) is 6.80. The third-order valence-electron chi connectivity index (χ3n) is 5.16. The SMILES string of the molecule is Cc1ncccc1C(=O)NC1CC2(CCOCC2)Oc2ccccc21. The molecule has 25 heavy (non-hydrogen) atoms. The molecule has 1 unspecified atom stereocenters. The molecule has 1 atom stereocenters. The van der Waals surface area contributed by atoms with Gasteiger partial charge >= 0.3 is 0 Å². The van der Waals surface area contributed by atoms with E-state index in [0.29, 0.717) is 18.8 Å². The zero-order chi connectivity index (χ0) is 17.3. The van der Waals surface area contributed by atoms with Gasteiger partial charge in [0.2, 0.25) is 0 Å². The van der Waals surface area contributed by atoms with E-state index in [9.17, 15) is 4.79 Å². The monoisotopic (exact) mass is 338 g/mol. The Kier molecular flexibility index (Phi) is 4.17. The third-order valence-corrected chi connectivity index (χ3v) is 5.16. The van der Waals surface area contributed by atoms with E-state index in [1.807, 2.05) is 37.3 Å². The van der Waals surface area contributed by atoms with Crippen LogP contribution in [0.3, 0.4) is 0 Å². The Balaban J connectivity index is 1.63. The van der Waals surface area contributed by atoms with E-state index in [-0.39, 0.29) is 17.6 Å². The molecule has 0 bridgehead atoms. The average molecular weight is 338 g/mol. The summed E-state index contributed by atoms with van der Waals surface area (Å²) >= 11 is 0. The zero-order valence-electron chi connectivity index (χ0n) is 14.3. The number of ether oxygens (including phenoxy) is 2. The van der Waals surface area contributed by atoms with Gasteiger partial charge < -0.3 is 14.8 Å². The molecule has 0 saturated carbocycles. The Morgan fingerprint density at radius 1 is 1.20 bits per heavy atom. The van der Waals surface area contributed by atoms with E-state index in [1.54, 1.807) is 12.3 Å². The number of carbonyl (C=O) groups excluding carboxylic acids is 1. The number of fused-ring (bicyclic) bond motifs is 1. The van der Waals surface area contributed by atoms with Crippen molar-refractivity contribution in [3.63, 3.8) is 0 Å². The van der Waals surface area contributed by atoms with Crippen molar-refractivity contribution >= 4 is 5.91 Å². The van der Waals surface area contributed by atoms with Crippen LogP contribution in [0.4, 0.5) is 0 Å². The molecule has 1 aromatic carbocycles. The van der Waals surface area contributed by atoms with Crippen LogP contribution in [-0.4, -0.2) is 29.7 Å². The number of amides is 1. The molecule has 0 radical (unpaired) electrons. The van der Waals surface area contributed by atoms with Gasteiger partial charge in [0.15, 0.2) is 0 Å². The molecular formula is C20H22N2O3. The maximum Gasteiger partial charge on any atom is 0.253 e. The average Bonchev–Trinajstić information content (AvgIpc) is 2.62. The lowest BCUT2D eigenvalue weighted by atomic mass is 9.82. The first kappa shape index (κ1) is 16.1. The fourth-order valence-corrected chi connectivity index (χ4v) is 3.76. The number of rotatable bonds is 2. The normalized spacial score (nSPS) is 21.2. The standard InChI is InChI=1S/C20H22N2O3/c1-14-15(6-4-10-21-14)19(23)22-17-13-20(8-11-24-12-9-20)25-18-7-3-2-5-16(17)18/h2-7,10,17H,8-9,11-13H2,1H3,(H,22,23). The van der Waals surface area contributed by atoms with E-state index in [1.165, 1.54) is 0 Å². The second-order valence-corrected chi connectivity index (χ2v) is 6.80.